The molecule has 0 aliphatic carbocycles. The van der Waals surface area contributed by atoms with Gasteiger partial charge >= 0.3 is 11.9 Å². The Bertz CT molecular complexity index is 2230. The van der Waals surface area contributed by atoms with E-state index in [1.54, 1.807) is 24.3 Å². The van der Waals surface area contributed by atoms with Gasteiger partial charge in [-0.05, 0) is 123 Å². The summed E-state index contributed by atoms with van der Waals surface area (Å²) in [4.78, 5) is 50.8. The SMILES string of the molecule is COC(=O)c1ccc(-c2c3nc(nc4[nH]c(cc4Br)c(-c4ccc(C(=O)OC)cc4)c4nc(nc5[nH]c2cc5Br)C(Br)=C4)C(Br)=C3)cc1. The lowest BCUT2D eigenvalue weighted by molar-refractivity contribution is 0.0592. The molecule has 2 aliphatic heterocycles. The number of benzene rings is 2. The Morgan fingerprint density at radius 3 is 1.31 bits per heavy atom. The number of nitrogens with one attached hydrogen (secondary N) is 2. The van der Waals surface area contributed by atoms with E-state index >= 15 is 0 Å². The lowest BCUT2D eigenvalue weighted by atomic mass is 10.0. The highest BCUT2D eigenvalue weighted by Crippen LogP contribution is 2.38. The third kappa shape index (κ3) is 5.97. The molecule has 5 heterocycles. The molecule has 0 atom stereocenters. The molecule has 0 amide bonds. The van der Waals surface area contributed by atoms with Crippen molar-refractivity contribution in [3.05, 3.63) is 104 Å². The molecule has 5 aromatic rings. The van der Waals surface area contributed by atoms with Crippen LogP contribution in [0.4, 0.5) is 0 Å². The smallest absolute Gasteiger partial charge is 0.337 e. The molecule has 10 nitrogen and oxygen atoms in total. The quantitative estimate of drug-likeness (QED) is 0.171. The van der Waals surface area contributed by atoms with Crippen molar-refractivity contribution in [2.24, 2.45) is 0 Å². The summed E-state index contributed by atoms with van der Waals surface area (Å²) in [7, 11) is 2.70. The average Bonchev–Trinajstić information content (AvgIpc) is 3.84. The molecular formula is C34H20Br4N6O4. The van der Waals surface area contributed by atoms with E-state index < -0.39 is 11.9 Å². The standard InChI is InChI=1S/C34H20Br4N6O4/c1-47-33(45)17-7-3-15(4-8-17)27-23-11-19(35)29(39-23)43-31-21(37)13-25(41-31)28(16-5-9-18(10-6-16)34(46)48-2)26-14-22(38)32(42-26)44-30-20(36)12-24(27)40-30/h3-14H,1-2H3,(H,39,41,43)(H,40,42,44). The predicted octanol–water partition coefficient (Wildman–Crippen LogP) is 9.32. The zero-order valence-corrected chi connectivity index (χ0v) is 31.2. The van der Waals surface area contributed by atoms with Gasteiger partial charge in [-0.2, -0.15) is 0 Å². The molecule has 0 fully saturated rings. The van der Waals surface area contributed by atoms with Crippen LogP contribution < -0.4 is 0 Å². The van der Waals surface area contributed by atoms with Gasteiger partial charge < -0.3 is 19.4 Å². The molecule has 0 saturated heterocycles. The molecule has 48 heavy (non-hydrogen) atoms. The third-order valence-corrected chi connectivity index (χ3v) is 9.96. The predicted molar refractivity (Wildman–Crippen MR) is 199 cm³/mol. The van der Waals surface area contributed by atoms with E-state index in [9.17, 15) is 9.59 Å². The lowest BCUT2D eigenvalue weighted by Gasteiger charge is -2.05. The number of aromatic amines is 2. The zero-order valence-electron chi connectivity index (χ0n) is 24.9. The Labute approximate surface area is 306 Å². The van der Waals surface area contributed by atoms with Crippen LogP contribution in [0.25, 0.3) is 65.7 Å². The topological polar surface area (TPSA) is 136 Å². The lowest BCUT2D eigenvalue weighted by Crippen LogP contribution is -2.00. The van der Waals surface area contributed by atoms with E-state index in [2.05, 4.69) is 73.7 Å². The van der Waals surface area contributed by atoms with Gasteiger partial charge in [-0.1, -0.05) is 24.3 Å². The van der Waals surface area contributed by atoms with Gasteiger partial charge in [0, 0.05) is 11.1 Å². The Kier molecular flexibility index (Phi) is 8.75. The number of carbonyl (C=O) groups excluding carboxylic acids is 2. The summed E-state index contributed by atoms with van der Waals surface area (Å²) in [6.07, 6.45) is 3.79. The van der Waals surface area contributed by atoms with Crippen molar-refractivity contribution in [2.45, 2.75) is 0 Å². The monoisotopic (exact) mass is 892 g/mol. The van der Waals surface area contributed by atoms with Crippen LogP contribution >= 0.6 is 63.7 Å². The minimum Gasteiger partial charge on any atom is -0.465 e. The summed E-state index contributed by atoms with van der Waals surface area (Å²) in [5, 5.41) is 0. The van der Waals surface area contributed by atoms with Crippen molar-refractivity contribution in [3.8, 4) is 22.3 Å². The summed E-state index contributed by atoms with van der Waals surface area (Å²) in [6.45, 7) is 0. The third-order valence-electron chi connectivity index (χ3n) is 7.58. The summed E-state index contributed by atoms with van der Waals surface area (Å²) in [6, 6.07) is 18.1. The first-order valence-corrected chi connectivity index (χ1v) is 17.3. The number of esters is 2. The van der Waals surface area contributed by atoms with Crippen molar-refractivity contribution < 1.29 is 19.1 Å². The number of ether oxygens (including phenoxy) is 2. The normalized spacial score (nSPS) is 12.4. The Morgan fingerprint density at radius 1 is 0.583 bits per heavy atom. The molecular weight excluding hydrogens is 876 g/mol. The fourth-order valence-corrected chi connectivity index (χ4v) is 6.95. The molecule has 0 unspecified atom stereocenters. The summed E-state index contributed by atoms with van der Waals surface area (Å²) in [5.41, 5.74) is 7.76. The largest absolute Gasteiger partial charge is 0.465 e. The van der Waals surface area contributed by atoms with Gasteiger partial charge in [0.25, 0.3) is 0 Å². The van der Waals surface area contributed by atoms with Gasteiger partial charge in [-0.25, -0.2) is 29.5 Å². The van der Waals surface area contributed by atoms with Gasteiger partial charge in [-0.15, -0.1) is 0 Å². The summed E-state index contributed by atoms with van der Waals surface area (Å²) in [5.74, 6) is 0.0482. The molecule has 2 aromatic carbocycles. The van der Waals surface area contributed by atoms with Gasteiger partial charge in [-0.3, -0.25) is 0 Å². The molecule has 2 N–H and O–H groups in total. The van der Waals surface area contributed by atoms with Crippen LogP contribution in [0.2, 0.25) is 0 Å². The first-order valence-electron chi connectivity index (χ1n) is 14.1. The minimum atomic E-state index is -0.426. The number of hydrogen-bond donors (Lipinski definition) is 2. The maximum atomic E-state index is 12.1. The second-order valence-electron chi connectivity index (χ2n) is 10.5. The fourth-order valence-electron chi connectivity index (χ4n) is 5.33. The van der Waals surface area contributed by atoms with Gasteiger partial charge in [0.05, 0.1) is 65.7 Å². The second-order valence-corrected chi connectivity index (χ2v) is 13.9. The Balaban J connectivity index is 1.55. The molecule has 7 rings (SSSR count). The fraction of sp³-hybridized carbons (Fsp3) is 0.0588. The molecule has 0 spiro atoms. The number of hydrogen-bond acceptors (Lipinski definition) is 8. The summed E-state index contributed by atoms with van der Waals surface area (Å²) >= 11 is 14.7. The van der Waals surface area contributed by atoms with Crippen LogP contribution in [-0.4, -0.2) is 56.1 Å². The van der Waals surface area contributed by atoms with E-state index in [-0.39, 0.29) is 0 Å². The number of rotatable bonds is 4. The molecule has 2 aliphatic rings. The molecule has 8 bridgehead atoms. The Hall–Kier alpha value is -4.24. The minimum absolute atomic E-state index is 0.426. The molecule has 3 aromatic heterocycles. The van der Waals surface area contributed by atoms with Crippen LogP contribution in [0.15, 0.2) is 69.6 Å². The van der Waals surface area contributed by atoms with Gasteiger partial charge in [0.2, 0.25) is 0 Å². The van der Waals surface area contributed by atoms with Gasteiger partial charge in [0.15, 0.2) is 11.6 Å². The molecule has 0 saturated carbocycles. The van der Waals surface area contributed by atoms with Gasteiger partial charge in [0.1, 0.15) is 11.3 Å². The summed E-state index contributed by atoms with van der Waals surface area (Å²) < 4.78 is 12.5. The first-order chi connectivity index (χ1) is 23.1. The van der Waals surface area contributed by atoms with Crippen LogP contribution in [0.5, 0.6) is 0 Å². The number of aromatic nitrogens is 6. The van der Waals surface area contributed by atoms with Crippen molar-refractivity contribution in [1.29, 1.82) is 0 Å². The van der Waals surface area contributed by atoms with Crippen LogP contribution in [0, 0.1) is 0 Å². The van der Waals surface area contributed by atoms with E-state index in [0.29, 0.717) is 63.4 Å². The van der Waals surface area contributed by atoms with Crippen molar-refractivity contribution in [3.63, 3.8) is 0 Å². The maximum Gasteiger partial charge on any atom is 0.337 e. The Morgan fingerprint density at radius 2 is 0.958 bits per heavy atom. The number of methoxy groups -OCH3 is 2. The van der Waals surface area contributed by atoms with E-state index in [1.807, 2.05) is 48.6 Å². The van der Waals surface area contributed by atoms with Crippen LogP contribution in [0.3, 0.4) is 0 Å². The number of fused-ring (bicyclic) bond motifs is 8. The highest BCUT2D eigenvalue weighted by molar-refractivity contribution is 9.15. The van der Waals surface area contributed by atoms with Crippen LogP contribution in [0.1, 0.15) is 43.8 Å². The van der Waals surface area contributed by atoms with E-state index in [4.69, 9.17) is 29.4 Å². The number of nitrogens with zero attached hydrogens (tertiary/aromatic N) is 4. The molecule has 0 radical (unpaired) electrons. The molecule has 14 heteroatoms. The number of halogens is 4. The van der Waals surface area contributed by atoms with Crippen molar-refractivity contribution in [2.75, 3.05) is 14.2 Å². The van der Waals surface area contributed by atoms with E-state index in [0.717, 1.165) is 33.3 Å². The van der Waals surface area contributed by atoms with E-state index in [1.165, 1.54) is 14.2 Å². The van der Waals surface area contributed by atoms with Crippen molar-refractivity contribution >= 4 is 119 Å². The highest BCUT2D eigenvalue weighted by atomic mass is 79.9. The average molecular weight is 896 g/mol. The van der Waals surface area contributed by atoms with Crippen LogP contribution in [-0.2, 0) is 9.47 Å². The highest BCUT2D eigenvalue weighted by Gasteiger charge is 2.20. The zero-order chi connectivity index (χ0) is 33.7. The number of H-pyrrole nitrogens is 2. The van der Waals surface area contributed by atoms with Crippen molar-refractivity contribution in [1.82, 2.24) is 29.9 Å². The molecule has 238 valence electrons. The number of carbonyl (C=O) groups is 2. The second kappa shape index (κ2) is 13.0. The maximum absolute atomic E-state index is 12.1. The first kappa shape index (κ1) is 32.3.